The zero-order chi connectivity index (χ0) is 24.4. The Balaban J connectivity index is 1.98. The molecule has 1 spiro atoms. The number of carbonyl (C=O) groups is 3. The van der Waals surface area contributed by atoms with Crippen LogP contribution in [0, 0.1) is 11.8 Å². The topological polar surface area (TPSA) is 96.4 Å². The van der Waals surface area contributed by atoms with Crippen molar-refractivity contribution in [3.8, 4) is 0 Å². The van der Waals surface area contributed by atoms with Crippen LogP contribution in [0.25, 0.3) is 0 Å². The Morgan fingerprint density at radius 2 is 2.03 bits per heavy atom. The number of hydrogen-bond donors (Lipinski definition) is 1. The van der Waals surface area contributed by atoms with Gasteiger partial charge in [-0.05, 0) is 52.9 Å². The van der Waals surface area contributed by atoms with E-state index in [0.717, 1.165) is 0 Å². The zero-order valence-electron chi connectivity index (χ0n) is 20.1. The van der Waals surface area contributed by atoms with Gasteiger partial charge >= 0.3 is 5.97 Å². The zero-order valence-corrected chi connectivity index (χ0v) is 20.1. The van der Waals surface area contributed by atoms with Gasteiger partial charge in [0.25, 0.3) is 0 Å². The van der Waals surface area contributed by atoms with Crippen LogP contribution in [0.2, 0.25) is 0 Å². The highest BCUT2D eigenvalue weighted by atomic mass is 16.6. The maximum atomic E-state index is 14.0. The van der Waals surface area contributed by atoms with Gasteiger partial charge in [-0.15, -0.1) is 13.2 Å². The number of amides is 2. The molecule has 3 rings (SSSR count). The Morgan fingerprint density at radius 3 is 2.64 bits per heavy atom. The summed E-state index contributed by atoms with van der Waals surface area (Å²) in [7, 11) is 0. The molecule has 1 N–H and O–H groups in total. The lowest BCUT2D eigenvalue weighted by molar-refractivity contribution is -0.155. The fraction of sp³-hybridized carbons (Fsp3) is 0.720. The van der Waals surface area contributed by atoms with Gasteiger partial charge in [0, 0.05) is 25.2 Å². The summed E-state index contributed by atoms with van der Waals surface area (Å²) >= 11 is 0. The van der Waals surface area contributed by atoms with Gasteiger partial charge in [-0.1, -0.05) is 12.2 Å². The predicted octanol–water partition coefficient (Wildman–Crippen LogP) is 2.07. The van der Waals surface area contributed by atoms with Crippen molar-refractivity contribution in [3.63, 3.8) is 0 Å². The van der Waals surface area contributed by atoms with E-state index in [-0.39, 0.29) is 25.0 Å². The number of carbonyl (C=O) groups excluding carboxylic acids is 3. The lowest BCUT2D eigenvalue weighted by Crippen LogP contribution is -2.59. The van der Waals surface area contributed by atoms with Crippen LogP contribution < -0.4 is 0 Å². The highest BCUT2D eigenvalue weighted by Crippen LogP contribution is 2.59. The summed E-state index contributed by atoms with van der Waals surface area (Å²) in [5, 5.41) is 9.25. The minimum absolute atomic E-state index is 0.0105. The second-order valence-electron chi connectivity index (χ2n) is 10.2. The van der Waals surface area contributed by atoms with Gasteiger partial charge in [-0.2, -0.15) is 0 Å². The third-order valence-electron chi connectivity index (χ3n) is 7.07. The number of esters is 1. The number of ether oxygens (including phenoxy) is 2. The maximum Gasteiger partial charge on any atom is 0.312 e. The van der Waals surface area contributed by atoms with E-state index in [0.29, 0.717) is 45.2 Å². The molecule has 0 aromatic rings. The van der Waals surface area contributed by atoms with Crippen LogP contribution in [0.3, 0.4) is 0 Å². The van der Waals surface area contributed by atoms with Crippen molar-refractivity contribution in [1.82, 2.24) is 9.80 Å². The van der Waals surface area contributed by atoms with Gasteiger partial charge in [0.1, 0.15) is 11.6 Å². The van der Waals surface area contributed by atoms with E-state index in [1.54, 1.807) is 22.0 Å². The lowest BCUT2D eigenvalue weighted by Gasteiger charge is -2.42. The van der Waals surface area contributed by atoms with Crippen LogP contribution in [0.4, 0.5) is 0 Å². The first kappa shape index (κ1) is 25.4. The molecule has 2 unspecified atom stereocenters. The summed E-state index contributed by atoms with van der Waals surface area (Å²) in [6.07, 6.45) is 5.69. The molecule has 3 fully saturated rings. The standard InChI is InChI=1S/C25H38N2O6/c1-6-8-16-32-23(31)18-17-11-12-25(33-17)19(18)21(29)26(14-9-10-15-28)20(25)22(30)27(13-7-2)24(3,4)5/h6-7,17-20,28H,1-2,8-16H2,3-5H3/t17-,18+,19+,20?,25?/m1/s1. The van der Waals surface area contributed by atoms with Crippen molar-refractivity contribution in [2.45, 2.75) is 76.2 Å². The first-order valence-electron chi connectivity index (χ1n) is 11.9. The summed E-state index contributed by atoms with van der Waals surface area (Å²) in [5.74, 6) is -2.31. The van der Waals surface area contributed by atoms with Gasteiger partial charge in [-0.25, -0.2) is 0 Å². The Bertz CT molecular complexity index is 790. The first-order valence-corrected chi connectivity index (χ1v) is 11.9. The molecule has 0 aromatic heterocycles. The third-order valence-corrected chi connectivity index (χ3v) is 7.07. The van der Waals surface area contributed by atoms with Gasteiger partial charge in [0.2, 0.25) is 11.8 Å². The molecule has 0 aromatic carbocycles. The highest BCUT2D eigenvalue weighted by molar-refractivity contribution is 5.98. The average Bonchev–Trinajstić information content (AvgIpc) is 3.39. The Morgan fingerprint density at radius 1 is 1.30 bits per heavy atom. The summed E-state index contributed by atoms with van der Waals surface area (Å²) in [6.45, 7) is 14.2. The molecular formula is C25H38N2O6. The van der Waals surface area contributed by atoms with Crippen molar-refractivity contribution >= 4 is 17.8 Å². The van der Waals surface area contributed by atoms with Crippen molar-refractivity contribution < 1.29 is 29.0 Å². The van der Waals surface area contributed by atoms with Crippen molar-refractivity contribution in [2.75, 3.05) is 26.3 Å². The SMILES string of the molecule is C=CCCOC(=O)[C@@H]1[C@H]2C(=O)N(CCCCO)C(C(=O)N(CC=C)C(C)(C)C)C23CC[C@H]1O3. The van der Waals surface area contributed by atoms with E-state index in [1.807, 2.05) is 20.8 Å². The molecule has 3 aliphatic rings. The van der Waals surface area contributed by atoms with Crippen LogP contribution in [0.15, 0.2) is 25.3 Å². The van der Waals surface area contributed by atoms with Gasteiger partial charge in [-0.3, -0.25) is 14.4 Å². The number of unbranched alkanes of at least 4 members (excludes halogenated alkanes) is 1. The third kappa shape index (κ3) is 4.47. The van der Waals surface area contributed by atoms with Crippen LogP contribution >= 0.6 is 0 Å². The van der Waals surface area contributed by atoms with E-state index in [2.05, 4.69) is 13.2 Å². The quantitative estimate of drug-likeness (QED) is 0.287. The van der Waals surface area contributed by atoms with Gasteiger partial charge in [0.05, 0.1) is 24.5 Å². The molecule has 2 amide bonds. The minimum Gasteiger partial charge on any atom is -0.465 e. The molecule has 8 nitrogen and oxygen atoms in total. The van der Waals surface area contributed by atoms with E-state index in [1.165, 1.54) is 0 Å². The number of fused-ring (bicyclic) bond motifs is 1. The number of hydrogen-bond acceptors (Lipinski definition) is 6. The predicted molar refractivity (Wildman–Crippen MR) is 123 cm³/mol. The molecule has 0 saturated carbocycles. The van der Waals surface area contributed by atoms with E-state index in [9.17, 15) is 19.5 Å². The molecule has 2 bridgehead atoms. The monoisotopic (exact) mass is 462 g/mol. The number of likely N-dealkylation sites (tertiary alicyclic amines) is 1. The maximum absolute atomic E-state index is 14.0. The van der Waals surface area contributed by atoms with Crippen LogP contribution in [0.1, 0.15) is 52.9 Å². The van der Waals surface area contributed by atoms with Gasteiger partial charge in [0.15, 0.2) is 0 Å². The normalized spacial score (nSPS) is 30.3. The van der Waals surface area contributed by atoms with E-state index >= 15 is 0 Å². The number of aliphatic hydroxyl groups excluding tert-OH is 1. The van der Waals surface area contributed by atoms with Crippen molar-refractivity contribution in [1.29, 1.82) is 0 Å². The average molecular weight is 463 g/mol. The number of rotatable bonds is 11. The molecule has 33 heavy (non-hydrogen) atoms. The van der Waals surface area contributed by atoms with E-state index < -0.39 is 41.1 Å². The summed E-state index contributed by atoms with van der Waals surface area (Å²) < 4.78 is 11.8. The lowest BCUT2D eigenvalue weighted by atomic mass is 9.70. The summed E-state index contributed by atoms with van der Waals surface area (Å²) in [4.78, 5) is 44.0. The molecule has 0 radical (unpaired) electrons. The smallest absolute Gasteiger partial charge is 0.312 e. The number of aliphatic hydroxyl groups is 1. The molecular weight excluding hydrogens is 424 g/mol. The van der Waals surface area contributed by atoms with Gasteiger partial charge < -0.3 is 24.4 Å². The summed E-state index contributed by atoms with van der Waals surface area (Å²) in [5.41, 5.74) is -1.52. The second kappa shape index (κ2) is 9.97. The summed E-state index contributed by atoms with van der Waals surface area (Å²) in [6, 6.07) is -0.816. The van der Waals surface area contributed by atoms with Crippen molar-refractivity contribution in [2.24, 2.45) is 11.8 Å². The molecule has 8 heteroatoms. The van der Waals surface area contributed by atoms with Crippen LogP contribution in [0.5, 0.6) is 0 Å². The number of nitrogens with zero attached hydrogens (tertiary/aromatic N) is 2. The molecule has 0 aliphatic carbocycles. The molecule has 3 aliphatic heterocycles. The molecule has 184 valence electrons. The second-order valence-corrected chi connectivity index (χ2v) is 10.2. The molecule has 5 atom stereocenters. The Hall–Kier alpha value is -2.19. The fourth-order valence-electron chi connectivity index (χ4n) is 5.64. The largest absolute Gasteiger partial charge is 0.465 e. The molecule has 3 heterocycles. The Labute approximate surface area is 196 Å². The fourth-order valence-corrected chi connectivity index (χ4v) is 5.64. The minimum atomic E-state index is -1.04. The Kier molecular flexibility index (Phi) is 7.69. The first-order chi connectivity index (χ1) is 15.6. The van der Waals surface area contributed by atoms with Crippen molar-refractivity contribution in [3.05, 3.63) is 25.3 Å². The van der Waals surface area contributed by atoms with E-state index in [4.69, 9.17) is 9.47 Å². The van der Waals surface area contributed by atoms with Crippen LogP contribution in [-0.2, 0) is 23.9 Å². The molecule has 3 saturated heterocycles. The van der Waals surface area contributed by atoms with Crippen LogP contribution in [-0.4, -0.2) is 82.3 Å². The highest BCUT2D eigenvalue weighted by Gasteiger charge is 2.75.